The third-order valence-corrected chi connectivity index (χ3v) is 5.78. The zero-order chi connectivity index (χ0) is 20.2. The van der Waals surface area contributed by atoms with Crippen molar-refractivity contribution in [3.8, 4) is 6.07 Å². The minimum Gasteiger partial charge on any atom is -0.342 e. The summed E-state index contributed by atoms with van der Waals surface area (Å²) in [5.74, 6) is -0.171. The molecule has 0 N–H and O–H groups in total. The summed E-state index contributed by atoms with van der Waals surface area (Å²) in [7, 11) is 0. The van der Waals surface area contributed by atoms with Gasteiger partial charge in [-0.25, -0.2) is 0 Å². The average molecular weight is 404 g/mol. The van der Waals surface area contributed by atoms with E-state index in [9.17, 15) is 10.1 Å². The first-order chi connectivity index (χ1) is 14.2. The molecule has 1 amide bonds. The van der Waals surface area contributed by atoms with E-state index >= 15 is 0 Å². The molecule has 5 heteroatoms. The maximum Gasteiger partial charge on any atom is 0.264 e. The van der Waals surface area contributed by atoms with Crippen LogP contribution in [0.5, 0.6) is 0 Å². The van der Waals surface area contributed by atoms with Crippen LogP contribution in [0.2, 0.25) is 5.02 Å². The topological polar surface area (TPSA) is 49.0 Å². The summed E-state index contributed by atoms with van der Waals surface area (Å²) in [4.78, 5) is 14.6. The number of rotatable bonds is 4. The molecule has 0 spiro atoms. The van der Waals surface area contributed by atoms with Crippen molar-refractivity contribution in [2.75, 3.05) is 13.1 Å². The minimum absolute atomic E-state index is 0.171. The Balaban J connectivity index is 1.72. The number of para-hydroxylation sites is 1. The van der Waals surface area contributed by atoms with Gasteiger partial charge in [-0.15, -0.1) is 0 Å². The molecule has 0 radical (unpaired) electrons. The minimum atomic E-state index is -0.171. The van der Waals surface area contributed by atoms with Gasteiger partial charge in [0.2, 0.25) is 0 Å². The summed E-state index contributed by atoms with van der Waals surface area (Å²) in [5.41, 5.74) is 3.12. The van der Waals surface area contributed by atoms with Gasteiger partial charge in [-0.1, -0.05) is 48.0 Å². The number of amides is 1. The number of likely N-dealkylation sites (tertiary alicyclic amines) is 1. The highest BCUT2D eigenvalue weighted by molar-refractivity contribution is 6.31. The van der Waals surface area contributed by atoms with Crippen LogP contribution >= 0.6 is 11.6 Å². The first kappa shape index (κ1) is 19.3. The van der Waals surface area contributed by atoms with Crippen LogP contribution in [0.1, 0.15) is 30.4 Å². The average Bonchev–Trinajstić information content (AvgIpc) is 3.11. The van der Waals surface area contributed by atoms with Crippen molar-refractivity contribution >= 4 is 34.5 Å². The first-order valence-corrected chi connectivity index (χ1v) is 10.3. The number of nitrogens with zero attached hydrogens (tertiary/aromatic N) is 3. The van der Waals surface area contributed by atoms with E-state index in [-0.39, 0.29) is 11.5 Å². The lowest BCUT2D eigenvalue weighted by molar-refractivity contribution is -0.127. The Labute approximate surface area is 175 Å². The molecular formula is C24H22ClN3O. The second-order valence-corrected chi connectivity index (χ2v) is 7.75. The molecule has 3 aromatic rings. The van der Waals surface area contributed by atoms with Crippen LogP contribution in [0, 0.1) is 11.3 Å². The molecule has 2 heterocycles. The molecule has 1 aromatic heterocycles. The second-order valence-electron chi connectivity index (χ2n) is 7.34. The fourth-order valence-electron chi connectivity index (χ4n) is 3.90. The number of benzene rings is 2. The Morgan fingerprint density at radius 2 is 1.79 bits per heavy atom. The highest BCUT2D eigenvalue weighted by Gasteiger charge is 2.21. The predicted molar refractivity (Wildman–Crippen MR) is 117 cm³/mol. The SMILES string of the molecule is N#C/C(=C\c1cn(Cc2ccccc2Cl)c2ccccc12)C(=O)N1CCCCC1. The molecule has 4 nitrogen and oxygen atoms in total. The molecule has 146 valence electrons. The van der Waals surface area contributed by atoms with Crippen LogP contribution < -0.4 is 0 Å². The second kappa shape index (κ2) is 8.55. The first-order valence-electron chi connectivity index (χ1n) is 9.90. The molecule has 0 saturated carbocycles. The van der Waals surface area contributed by atoms with E-state index in [4.69, 9.17) is 11.6 Å². The maximum atomic E-state index is 12.8. The molecule has 0 bridgehead atoms. The monoisotopic (exact) mass is 403 g/mol. The van der Waals surface area contributed by atoms with Crippen LogP contribution in [0.15, 0.2) is 60.3 Å². The van der Waals surface area contributed by atoms with Crippen LogP contribution in [-0.4, -0.2) is 28.5 Å². The van der Waals surface area contributed by atoms with Gasteiger partial charge < -0.3 is 9.47 Å². The lowest BCUT2D eigenvalue weighted by atomic mass is 10.1. The number of halogens is 1. The molecule has 29 heavy (non-hydrogen) atoms. The van der Waals surface area contributed by atoms with Crippen LogP contribution in [0.3, 0.4) is 0 Å². The fourth-order valence-corrected chi connectivity index (χ4v) is 4.09. The van der Waals surface area contributed by atoms with Gasteiger partial charge in [-0.2, -0.15) is 5.26 Å². The molecule has 0 atom stereocenters. The summed E-state index contributed by atoms with van der Waals surface area (Å²) in [6, 6.07) is 17.9. The van der Waals surface area contributed by atoms with Gasteiger partial charge in [0.1, 0.15) is 11.6 Å². The van der Waals surface area contributed by atoms with E-state index in [1.54, 1.807) is 11.0 Å². The number of nitriles is 1. The van der Waals surface area contributed by atoms with Gasteiger partial charge in [-0.05, 0) is 43.0 Å². The van der Waals surface area contributed by atoms with Crippen molar-refractivity contribution in [2.24, 2.45) is 0 Å². The van der Waals surface area contributed by atoms with E-state index in [1.807, 2.05) is 54.7 Å². The van der Waals surface area contributed by atoms with Gasteiger partial charge in [0.05, 0.1) is 0 Å². The van der Waals surface area contributed by atoms with E-state index in [2.05, 4.69) is 10.6 Å². The molecule has 1 aliphatic rings. The predicted octanol–water partition coefficient (Wildman–Crippen LogP) is 5.26. The number of aromatic nitrogens is 1. The van der Waals surface area contributed by atoms with Crippen LogP contribution in [0.4, 0.5) is 0 Å². The Morgan fingerprint density at radius 3 is 2.55 bits per heavy atom. The molecule has 2 aromatic carbocycles. The van der Waals surface area contributed by atoms with Crippen LogP contribution in [-0.2, 0) is 11.3 Å². The maximum absolute atomic E-state index is 12.8. The van der Waals surface area contributed by atoms with Crippen molar-refractivity contribution in [3.05, 3.63) is 76.5 Å². The van der Waals surface area contributed by atoms with Crippen molar-refractivity contribution in [1.29, 1.82) is 5.26 Å². The zero-order valence-corrected chi connectivity index (χ0v) is 16.9. The summed E-state index contributed by atoms with van der Waals surface area (Å²) in [6.45, 7) is 2.08. The summed E-state index contributed by atoms with van der Waals surface area (Å²) >= 11 is 6.35. The lowest BCUT2D eigenvalue weighted by Crippen LogP contribution is -2.36. The molecule has 1 aliphatic heterocycles. The number of hydrogen-bond donors (Lipinski definition) is 0. The number of piperidine rings is 1. The highest BCUT2D eigenvalue weighted by atomic mass is 35.5. The van der Waals surface area contributed by atoms with Crippen molar-refractivity contribution in [2.45, 2.75) is 25.8 Å². The summed E-state index contributed by atoms with van der Waals surface area (Å²) in [5, 5.41) is 11.4. The normalized spacial score (nSPS) is 14.8. The fraction of sp³-hybridized carbons (Fsp3) is 0.250. The molecule has 4 rings (SSSR count). The third-order valence-electron chi connectivity index (χ3n) is 5.41. The van der Waals surface area contributed by atoms with Crippen molar-refractivity contribution < 1.29 is 4.79 Å². The van der Waals surface area contributed by atoms with E-state index in [0.717, 1.165) is 59.4 Å². The zero-order valence-electron chi connectivity index (χ0n) is 16.1. The quantitative estimate of drug-likeness (QED) is 0.440. The van der Waals surface area contributed by atoms with Crippen molar-refractivity contribution in [1.82, 2.24) is 9.47 Å². The van der Waals surface area contributed by atoms with Gasteiger partial charge in [0.25, 0.3) is 5.91 Å². The van der Waals surface area contributed by atoms with Crippen molar-refractivity contribution in [3.63, 3.8) is 0 Å². The molecule has 1 saturated heterocycles. The smallest absolute Gasteiger partial charge is 0.264 e. The Bertz CT molecular complexity index is 1120. The van der Waals surface area contributed by atoms with Gasteiger partial charge in [0, 0.05) is 47.3 Å². The Morgan fingerprint density at radius 1 is 1.07 bits per heavy atom. The number of hydrogen-bond acceptors (Lipinski definition) is 2. The number of carbonyl (C=O) groups is 1. The number of fused-ring (bicyclic) bond motifs is 1. The molecule has 0 unspecified atom stereocenters. The molecule has 0 aliphatic carbocycles. The van der Waals surface area contributed by atoms with E-state index in [0.29, 0.717) is 6.54 Å². The highest BCUT2D eigenvalue weighted by Crippen LogP contribution is 2.26. The molecular weight excluding hydrogens is 382 g/mol. The Hall–Kier alpha value is -3.03. The third kappa shape index (κ3) is 4.06. The number of carbonyl (C=O) groups excluding carboxylic acids is 1. The van der Waals surface area contributed by atoms with Gasteiger partial charge >= 0.3 is 0 Å². The summed E-state index contributed by atoms with van der Waals surface area (Å²) < 4.78 is 2.11. The van der Waals surface area contributed by atoms with E-state index in [1.165, 1.54) is 0 Å². The largest absolute Gasteiger partial charge is 0.342 e. The summed E-state index contributed by atoms with van der Waals surface area (Å²) in [6.07, 6.45) is 6.87. The Kier molecular flexibility index (Phi) is 5.69. The standard InChI is InChI=1S/C24H22ClN3O/c25-22-10-4-2-8-18(22)16-28-17-20(21-9-3-5-11-23(21)28)14-19(15-26)24(29)27-12-6-1-7-13-27/h2-5,8-11,14,17H,1,6-7,12-13,16H2/b19-14+. The van der Waals surface area contributed by atoms with E-state index < -0.39 is 0 Å². The van der Waals surface area contributed by atoms with Gasteiger partial charge in [0.15, 0.2) is 0 Å². The lowest BCUT2D eigenvalue weighted by Gasteiger charge is -2.26. The van der Waals surface area contributed by atoms with Crippen LogP contribution in [0.25, 0.3) is 17.0 Å². The van der Waals surface area contributed by atoms with Gasteiger partial charge in [-0.3, -0.25) is 4.79 Å². The molecule has 1 fully saturated rings.